The summed E-state index contributed by atoms with van der Waals surface area (Å²) in [4.78, 5) is 1.32. The lowest BCUT2D eigenvalue weighted by atomic mass is 10.2. The van der Waals surface area contributed by atoms with E-state index in [1.165, 1.54) is 14.9 Å². The molecule has 0 radical (unpaired) electrons. The summed E-state index contributed by atoms with van der Waals surface area (Å²) in [7, 11) is 0. The van der Waals surface area contributed by atoms with Crippen LogP contribution in [0.5, 0.6) is 0 Å². The Morgan fingerprint density at radius 2 is 2.00 bits per heavy atom. The number of anilines is 1. The minimum atomic E-state index is 0.855. The van der Waals surface area contributed by atoms with Crippen molar-refractivity contribution in [3.8, 4) is 0 Å². The highest BCUT2D eigenvalue weighted by Gasteiger charge is 2.01. The van der Waals surface area contributed by atoms with E-state index in [0.29, 0.717) is 0 Å². The Bertz CT molecular complexity index is 494. The molecule has 0 unspecified atom stereocenters. The normalized spacial score (nSPS) is 10.4. The van der Waals surface area contributed by atoms with Crippen LogP contribution in [0.1, 0.15) is 10.4 Å². The Hall–Kier alpha value is -0.320. The fourth-order valence-electron chi connectivity index (χ4n) is 1.34. The van der Waals surface area contributed by atoms with E-state index in [0.717, 1.165) is 16.7 Å². The maximum Gasteiger partial charge on any atom is 0.0505 e. The van der Waals surface area contributed by atoms with E-state index in [1.807, 2.05) is 0 Å². The molecule has 84 valence electrons. The molecule has 0 fully saturated rings. The number of aryl methyl sites for hydroxylation is 1. The molecule has 0 saturated heterocycles. The van der Waals surface area contributed by atoms with E-state index in [2.05, 4.69) is 73.7 Å². The zero-order valence-electron chi connectivity index (χ0n) is 8.76. The third kappa shape index (κ3) is 2.87. The quantitative estimate of drug-likeness (QED) is 0.793. The zero-order chi connectivity index (χ0) is 11.5. The second-order valence-corrected chi connectivity index (χ2v) is 6.22. The number of nitrogens with one attached hydrogen (secondary N) is 1. The SMILES string of the molecule is Cc1ccc(NCc2sccc2Br)cc1Br. The minimum Gasteiger partial charge on any atom is -0.380 e. The topological polar surface area (TPSA) is 12.0 Å². The molecule has 16 heavy (non-hydrogen) atoms. The van der Waals surface area contributed by atoms with Crippen molar-refractivity contribution in [2.24, 2.45) is 0 Å². The first kappa shape index (κ1) is 12.1. The van der Waals surface area contributed by atoms with Crippen molar-refractivity contribution in [2.45, 2.75) is 13.5 Å². The van der Waals surface area contributed by atoms with E-state index in [1.54, 1.807) is 11.3 Å². The standard InChI is InChI=1S/C12H11Br2NS/c1-8-2-3-9(6-11(8)14)15-7-12-10(13)4-5-16-12/h2-6,15H,7H2,1H3. The van der Waals surface area contributed by atoms with Gasteiger partial charge in [0.25, 0.3) is 0 Å². The summed E-state index contributed by atoms with van der Waals surface area (Å²) in [5.41, 5.74) is 2.39. The summed E-state index contributed by atoms with van der Waals surface area (Å²) >= 11 is 8.81. The highest BCUT2D eigenvalue weighted by atomic mass is 79.9. The number of hydrogen-bond donors (Lipinski definition) is 1. The van der Waals surface area contributed by atoms with Crippen LogP contribution in [0.15, 0.2) is 38.6 Å². The summed E-state index contributed by atoms with van der Waals surface area (Å²) in [5, 5.41) is 5.50. The summed E-state index contributed by atoms with van der Waals surface area (Å²) in [6, 6.07) is 8.39. The second kappa shape index (κ2) is 5.34. The van der Waals surface area contributed by atoms with Crippen LogP contribution in [0.4, 0.5) is 5.69 Å². The van der Waals surface area contributed by atoms with E-state index in [4.69, 9.17) is 0 Å². The van der Waals surface area contributed by atoms with Gasteiger partial charge in [-0.2, -0.15) is 0 Å². The molecule has 1 aromatic carbocycles. The highest BCUT2D eigenvalue weighted by molar-refractivity contribution is 9.10. The maximum atomic E-state index is 3.53. The molecule has 1 nitrogen and oxygen atoms in total. The van der Waals surface area contributed by atoms with Crippen LogP contribution in [-0.2, 0) is 6.54 Å². The molecular formula is C12H11Br2NS. The molecule has 0 spiro atoms. The van der Waals surface area contributed by atoms with E-state index >= 15 is 0 Å². The molecule has 0 saturated carbocycles. The molecule has 2 rings (SSSR count). The van der Waals surface area contributed by atoms with E-state index in [9.17, 15) is 0 Å². The predicted octanol–water partition coefficient (Wildman–Crippen LogP) is 5.19. The number of benzene rings is 1. The van der Waals surface area contributed by atoms with Crippen molar-refractivity contribution in [3.63, 3.8) is 0 Å². The summed E-state index contributed by atoms with van der Waals surface area (Å²) in [6.07, 6.45) is 0. The Labute approximate surface area is 116 Å². The van der Waals surface area contributed by atoms with Crippen molar-refractivity contribution in [1.29, 1.82) is 0 Å². The van der Waals surface area contributed by atoms with Gasteiger partial charge in [0.05, 0.1) is 6.54 Å². The molecule has 0 aliphatic carbocycles. The van der Waals surface area contributed by atoms with Crippen LogP contribution < -0.4 is 5.32 Å². The Kier molecular flexibility index (Phi) is 4.05. The third-order valence-corrected chi connectivity index (χ3v) is 5.10. The molecule has 0 aliphatic heterocycles. The average Bonchev–Trinajstić information content (AvgIpc) is 2.66. The smallest absolute Gasteiger partial charge is 0.0505 e. The van der Waals surface area contributed by atoms with Crippen LogP contribution in [0.2, 0.25) is 0 Å². The van der Waals surface area contributed by atoms with Crippen LogP contribution in [0, 0.1) is 6.92 Å². The first-order valence-corrected chi connectivity index (χ1v) is 7.35. The van der Waals surface area contributed by atoms with Gasteiger partial charge < -0.3 is 5.32 Å². The number of rotatable bonds is 3. The van der Waals surface area contributed by atoms with Crippen LogP contribution in [0.3, 0.4) is 0 Å². The molecular weight excluding hydrogens is 350 g/mol. The van der Waals surface area contributed by atoms with Crippen molar-refractivity contribution >= 4 is 48.9 Å². The third-order valence-electron chi connectivity index (χ3n) is 2.32. The molecule has 1 heterocycles. The molecule has 0 bridgehead atoms. The van der Waals surface area contributed by atoms with Crippen molar-refractivity contribution in [3.05, 3.63) is 49.0 Å². The molecule has 1 N–H and O–H groups in total. The zero-order valence-corrected chi connectivity index (χ0v) is 12.7. The van der Waals surface area contributed by atoms with Gasteiger partial charge in [-0.1, -0.05) is 22.0 Å². The van der Waals surface area contributed by atoms with Crippen molar-refractivity contribution in [1.82, 2.24) is 0 Å². The number of halogens is 2. The molecule has 0 aliphatic rings. The summed E-state index contributed by atoms with van der Waals surface area (Å²) in [5.74, 6) is 0. The van der Waals surface area contributed by atoms with Crippen molar-refractivity contribution in [2.75, 3.05) is 5.32 Å². The molecule has 4 heteroatoms. The van der Waals surface area contributed by atoms with Gasteiger partial charge in [-0.15, -0.1) is 11.3 Å². The van der Waals surface area contributed by atoms with Gasteiger partial charge in [-0.05, 0) is 52.0 Å². The Balaban J connectivity index is 2.05. The number of hydrogen-bond acceptors (Lipinski definition) is 2. The molecule has 2 aromatic rings. The lowest BCUT2D eigenvalue weighted by molar-refractivity contribution is 1.18. The summed E-state index contributed by atoms with van der Waals surface area (Å²) < 4.78 is 2.32. The first-order chi connectivity index (χ1) is 7.66. The maximum absolute atomic E-state index is 3.53. The molecule has 0 amide bonds. The van der Waals surface area contributed by atoms with Gasteiger partial charge in [0, 0.05) is 19.5 Å². The van der Waals surface area contributed by atoms with Gasteiger partial charge >= 0.3 is 0 Å². The molecule has 0 atom stereocenters. The van der Waals surface area contributed by atoms with Crippen LogP contribution in [-0.4, -0.2) is 0 Å². The lowest BCUT2D eigenvalue weighted by Gasteiger charge is -2.07. The highest BCUT2D eigenvalue weighted by Crippen LogP contribution is 2.25. The minimum absolute atomic E-state index is 0.855. The van der Waals surface area contributed by atoms with Crippen LogP contribution in [0.25, 0.3) is 0 Å². The van der Waals surface area contributed by atoms with E-state index < -0.39 is 0 Å². The Morgan fingerprint density at radius 1 is 1.19 bits per heavy atom. The Morgan fingerprint density at radius 3 is 2.62 bits per heavy atom. The largest absolute Gasteiger partial charge is 0.380 e. The fourth-order valence-corrected chi connectivity index (χ4v) is 3.15. The van der Waals surface area contributed by atoms with Crippen molar-refractivity contribution < 1.29 is 0 Å². The average molecular weight is 361 g/mol. The second-order valence-electron chi connectivity index (χ2n) is 3.51. The van der Waals surface area contributed by atoms with Gasteiger partial charge in [0.15, 0.2) is 0 Å². The molecule has 1 aromatic heterocycles. The van der Waals surface area contributed by atoms with Gasteiger partial charge in [0.1, 0.15) is 0 Å². The fraction of sp³-hybridized carbons (Fsp3) is 0.167. The number of thiophene rings is 1. The van der Waals surface area contributed by atoms with Gasteiger partial charge in [-0.25, -0.2) is 0 Å². The van der Waals surface area contributed by atoms with E-state index in [-0.39, 0.29) is 0 Å². The van der Waals surface area contributed by atoms with Gasteiger partial charge in [-0.3, -0.25) is 0 Å². The lowest BCUT2D eigenvalue weighted by Crippen LogP contribution is -1.97. The monoisotopic (exact) mass is 359 g/mol. The van der Waals surface area contributed by atoms with Crippen LogP contribution >= 0.6 is 43.2 Å². The predicted molar refractivity (Wildman–Crippen MR) is 78.2 cm³/mol. The summed E-state index contributed by atoms with van der Waals surface area (Å²) in [6.45, 7) is 2.94. The van der Waals surface area contributed by atoms with Gasteiger partial charge in [0.2, 0.25) is 0 Å². The first-order valence-electron chi connectivity index (χ1n) is 4.88.